The second-order valence-corrected chi connectivity index (χ2v) is 6.88. The second kappa shape index (κ2) is 8.14. The quantitative estimate of drug-likeness (QED) is 0.751. The number of alkyl halides is 3. The fourth-order valence-electron chi connectivity index (χ4n) is 3.45. The fraction of sp³-hybridized carbons (Fsp3) is 0.333. The van der Waals surface area contributed by atoms with Crippen molar-refractivity contribution in [3.8, 4) is 16.9 Å². The molecule has 2 aromatic rings. The summed E-state index contributed by atoms with van der Waals surface area (Å²) in [4.78, 5) is 10.3. The molecule has 0 spiro atoms. The normalized spacial score (nSPS) is 18.7. The largest absolute Gasteiger partial charge is 0.491 e. The van der Waals surface area contributed by atoms with Crippen LogP contribution in [0.15, 0.2) is 59.8 Å². The summed E-state index contributed by atoms with van der Waals surface area (Å²) in [6, 6.07) is 9.87. The number of ether oxygens (including phenoxy) is 2. The Bertz CT molecular complexity index is 913. The number of aromatic nitrogens is 1. The van der Waals surface area contributed by atoms with Crippen molar-refractivity contribution in [2.45, 2.75) is 25.1 Å². The molecule has 1 atom stereocenters. The molecule has 1 aromatic heterocycles. The monoisotopic (exact) mass is 403 g/mol. The second-order valence-electron chi connectivity index (χ2n) is 6.88. The van der Waals surface area contributed by atoms with Crippen molar-refractivity contribution >= 4 is 6.21 Å². The highest BCUT2D eigenvalue weighted by Crippen LogP contribution is 2.35. The van der Waals surface area contributed by atoms with E-state index in [2.05, 4.69) is 9.98 Å². The molecule has 3 heterocycles. The lowest BCUT2D eigenvalue weighted by Crippen LogP contribution is -2.42. The molecular weight excluding hydrogens is 383 g/mol. The van der Waals surface area contributed by atoms with Gasteiger partial charge in [0.05, 0.1) is 31.8 Å². The molecule has 1 aromatic carbocycles. The van der Waals surface area contributed by atoms with Gasteiger partial charge in [0.2, 0.25) is 5.88 Å². The van der Waals surface area contributed by atoms with Crippen LogP contribution in [0.5, 0.6) is 5.75 Å². The maximum atomic E-state index is 12.3. The van der Waals surface area contributed by atoms with Gasteiger partial charge in [-0.25, -0.2) is 4.99 Å². The Morgan fingerprint density at radius 1 is 1.21 bits per heavy atom. The Balaban J connectivity index is 1.49. The molecule has 0 fully saturated rings. The molecule has 29 heavy (non-hydrogen) atoms. The number of aliphatic imine (C=N–C) groups is 1. The topological polar surface area (TPSA) is 47.0 Å². The summed E-state index contributed by atoms with van der Waals surface area (Å²) in [5.41, 5.74) is 3.17. The zero-order chi connectivity index (χ0) is 20.3. The van der Waals surface area contributed by atoms with Gasteiger partial charge in [-0.15, -0.1) is 0 Å². The van der Waals surface area contributed by atoms with Crippen LogP contribution in [0.2, 0.25) is 0 Å². The predicted octanol–water partition coefficient (Wildman–Crippen LogP) is 4.21. The van der Waals surface area contributed by atoms with E-state index < -0.39 is 19.2 Å². The lowest BCUT2D eigenvalue weighted by atomic mass is 9.93. The van der Waals surface area contributed by atoms with E-state index in [0.717, 1.165) is 28.9 Å². The first-order valence-electron chi connectivity index (χ1n) is 9.34. The van der Waals surface area contributed by atoms with Crippen LogP contribution in [0.1, 0.15) is 12.0 Å². The summed E-state index contributed by atoms with van der Waals surface area (Å²) in [5, 5.41) is 0. The van der Waals surface area contributed by atoms with Crippen LogP contribution in [0.3, 0.4) is 0 Å². The van der Waals surface area contributed by atoms with Gasteiger partial charge in [-0.3, -0.25) is 4.98 Å². The molecule has 5 nitrogen and oxygen atoms in total. The first-order chi connectivity index (χ1) is 14.0. The maximum absolute atomic E-state index is 12.3. The Morgan fingerprint density at radius 3 is 2.90 bits per heavy atom. The number of halogens is 3. The molecule has 0 radical (unpaired) electrons. The molecule has 8 heteroatoms. The van der Waals surface area contributed by atoms with Crippen LogP contribution in [0, 0.1) is 0 Å². The van der Waals surface area contributed by atoms with E-state index in [1.54, 1.807) is 18.6 Å². The molecule has 0 saturated heterocycles. The molecule has 0 aliphatic carbocycles. The van der Waals surface area contributed by atoms with Gasteiger partial charge in [-0.1, -0.05) is 18.2 Å². The Labute approximate surface area is 166 Å². The summed E-state index contributed by atoms with van der Waals surface area (Å²) in [5.74, 6) is 1.03. The molecule has 4 rings (SSSR count). The van der Waals surface area contributed by atoms with Crippen molar-refractivity contribution in [2.24, 2.45) is 4.99 Å². The van der Waals surface area contributed by atoms with Crippen molar-refractivity contribution in [1.82, 2.24) is 9.88 Å². The van der Waals surface area contributed by atoms with Crippen molar-refractivity contribution in [3.05, 3.63) is 60.4 Å². The number of pyridine rings is 1. The fourth-order valence-corrected chi connectivity index (χ4v) is 3.45. The molecular formula is C21H20F3N3O2. The van der Waals surface area contributed by atoms with Gasteiger partial charge in [0.15, 0.2) is 0 Å². The Hall–Kier alpha value is -3.03. The third kappa shape index (κ3) is 4.70. The number of hydrogen-bond donors (Lipinski definition) is 0. The number of fused-ring (bicyclic) bond motifs is 1. The molecule has 0 N–H and O–H groups in total. The first kappa shape index (κ1) is 19.3. The van der Waals surface area contributed by atoms with Crippen molar-refractivity contribution in [2.75, 3.05) is 19.8 Å². The zero-order valence-corrected chi connectivity index (χ0v) is 15.6. The third-order valence-electron chi connectivity index (χ3n) is 4.87. The van der Waals surface area contributed by atoms with Crippen LogP contribution in [-0.4, -0.2) is 48.1 Å². The SMILES string of the molecule is FC(F)(F)CCOC1=CN([C@@H]2COc3cccc(-c4cccnc4)c3C2)CC=N1. The van der Waals surface area contributed by atoms with Gasteiger partial charge in [-0.05, 0) is 17.7 Å². The highest BCUT2D eigenvalue weighted by Gasteiger charge is 2.29. The van der Waals surface area contributed by atoms with E-state index in [1.807, 2.05) is 41.4 Å². The standard InChI is InChI=1S/C21H20F3N3O2/c22-21(23,24)6-10-28-20-13-27(9-8-26-20)16-11-18-17(15-3-2-7-25-12-15)4-1-5-19(18)29-14-16/h1-5,7-8,12-13,16H,6,9-11,14H2/t16-/m0/s1. The highest BCUT2D eigenvalue weighted by molar-refractivity contribution is 5.70. The van der Waals surface area contributed by atoms with Gasteiger partial charge >= 0.3 is 6.18 Å². The zero-order valence-electron chi connectivity index (χ0n) is 15.6. The molecule has 0 bridgehead atoms. The van der Waals surface area contributed by atoms with E-state index in [4.69, 9.17) is 9.47 Å². The van der Waals surface area contributed by atoms with Gasteiger partial charge in [-0.2, -0.15) is 13.2 Å². The predicted molar refractivity (Wildman–Crippen MR) is 103 cm³/mol. The molecule has 152 valence electrons. The lowest BCUT2D eigenvalue weighted by molar-refractivity contribution is -0.142. The minimum absolute atomic E-state index is 0.0216. The first-order valence-corrected chi connectivity index (χ1v) is 9.34. The molecule has 2 aliphatic rings. The summed E-state index contributed by atoms with van der Waals surface area (Å²) in [6.07, 6.45) is 2.35. The molecule has 0 saturated carbocycles. The number of hydrogen-bond acceptors (Lipinski definition) is 5. The third-order valence-corrected chi connectivity index (χ3v) is 4.87. The summed E-state index contributed by atoms with van der Waals surface area (Å²) >= 11 is 0. The van der Waals surface area contributed by atoms with Crippen LogP contribution >= 0.6 is 0 Å². The average molecular weight is 403 g/mol. The van der Waals surface area contributed by atoms with Crippen molar-refractivity contribution in [1.29, 1.82) is 0 Å². The molecule has 0 unspecified atom stereocenters. The average Bonchev–Trinajstić information content (AvgIpc) is 2.73. The van der Waals surface area contributed by atoms with E-state index in [-0.39, 0.29) is 11.9 Å². The summed E-state index contributed by atoms with van der Waals surface area (Å²) in [6.45, 7) is 0.573. The highest BCUT2D eigenvalue weighted by atomic mass is 19.4. The Morgan fingerprint density at radius 2 is 2.10 bits per heavy atom. The van der Waals surface area contributed by atoms with E-state index in [1.165, 1.54) is 0 Å². The smallest absolute Gasteiger partial charge is 0.392 e. The van der Waals surface area contributed by atoms with E-state index in [9.17, 15) is 13.2 Å². The van der Waals surface area contributed by atoms with Gasteiger partial charge < -0.3 is 14.4 Å². The van der Waals surface area contributed by atoms with E-state index in [0.29, 0.717) is 13.2 Å². The van der Waals surface area contributed by atoms with Crippen molar-refractivity contribution < 1.29 is 22.6 Å². The summed E-state index contributed by atoms with van der Waals surface area (Å²) in [7, 11) is 0. The number of nitrogens with zero attached hydrogens (tertiary/aromatic N) is 3. The number of benzene rings is 1. The number of rotatable bonds is 5. The van der Waals surface area contributed by atoms with Crippen LogP contribution in [0.25, 0.3) is 11.1 Å². The van der Waals surface area contributed by atoms with Gasteiger partial charge in [0.1, 0.15) is 12.4 Å². The lowest BCUT2D eigenvalue weighted by Gasteiger charge is -2.35. The van der Waals surface area contributed by atoms with Crippen LogP contribution in [0.4, 0.5) is 13.2 Å². The molecule has 0 amide bonds. The van der Waals surface area contributed by atoms with E-state index >= 15 is 0 Å². The minimum atomic E-state index is -4.25. The minimum Gasteiger partial charge on any atom is -0.491 e. The van der Waals surface area contributed by atoms with Crippen LogP contribution < -0.4 is 4.74 Å². The maximum Gasteiger partial charge on any atom is 0.392 e. The Kier molecular flexibility index (Phi) is 5.42. The molecule has 2 aliphatic heterocycles. The summed E-state index contributed by atoms with van der Waals surface area (Å²) < 4.78 is 48.2. The van der Waals surface area contributed by atoms with Gasteiger partial charge in [0.25, 0.3) is 0 Å². The van der Waals surface area contributed by atoms with Crippen LogP contribution in [-0.2, 0) is 11.2 Å². The van der Waals surface area contributed by atoms with Gasteiger partial charge in [0, 0.05) is 36.2 Å². The van der Waals surface area contributed by atoms with Crippen molar-refractivity contribution in [3.63, 3.8) is 0 Å².